The maximum atomic E-state index is 12.6. The van der Waals surface area contributed by atoms with Crippen LogP contribution in [0.15, 0.2) is 48.5 Å². The van der Waals surface area contributed by atoms with E-state index in [2.05, 4.69) is 38.1 Å². The number of hydrogen-bond donors (Lipinski definition) is 0. The van der Waals surface area contributed by atoms with E-state index in [4.69, 9.17) is 4.74 Å². The summed E-state index contributed by atoms with van der Waals surface area (Å²) in [5.41, 5.74) is 3.30. The van der Waals surface area contributed by atoms with Gasteiger partial charge in [-0.25, -0.2) is 4.79 Å². The number of carbonyl (C=O) groups is 1. The van der Waals surface area contributed by atoms with E-state index in [-0.39, 0.29) is 5.97 Å². The summed E-state index contributed by atoms with van der Waals surface area (Å²) in [6.45, 7) is 4.48. The van der Waals surface area contributed by atoms with Gasteiger partial charge < -0.3 is 4.74 Å². The molecule has 2 nitrogen and oxygen atoms in total. The molecule has 33 heavy (non-hydrogen) atoms. The van der Waals surface area contributed by atoms with Crippen molar-refractivity contribution in [2.45, 2.75) is 110 Å². The minimum atomic E-state index is -0.273. The molecule has 3 rings (SSSR count). The standard InChI is InChI=1S/C31H44O2/c1-3-5-7-8-9-10-12-26-13-17-27(18-14-26)28-19-21-29(22-20-28)31(32)33-30-23-15-25(16-24-30)11-6-4-2/h15-16,19-24,26-27H,3-14,17-18H2,1-2H3. The monoisotopic (exact) mass is 448 g/mol. The summed E-state index contributed by atoms with van der Waals surface area (Å²) in [4.78, 5) is 12.6. The molecule has 0 spiro atoms. The van der Waals surface area contributed by atoms with E-state index in [1.165, 1.54) is 94.6 Å². The molecule has 0 radical (unpaired) electrons. The van der Waals surface area contributed by atoms with Crippen molar-refractivity contribution in [1.82, 2.24) is 0 Å². The zero-order valence-corrected chi connectivity index (χ0v) is 21.0. The second-order valence-corrected chi connectivity index (χ2v) is 10.0. The van der Waals surface area contributed by atoms with Gasteiger partial charge in [0.25, 0.3) is 0 Å². The van der Waals surface area contributed by atoms with Gasteiger partial charge in [0, 0.05) is 0 Å². The van der Waals surface area contributed by atoms with Gasteiger partial charge in [0.05, 0.1) is 5.56 Å². The Balaban J connectivity index is 1.40. The number of hydrogen-bond acceptors (Lipinski definition) is 2. The molecule has 0 unspecified atom stereocenters. The Morgan fingerprint density at radius 3 is 2.06 bits per heavy atom. The molecule has 1 aliphatic carbocycles. The fourth-order valence-electron chi connectivity index (χ4n) is 5.16. The highest BCUT2D eigenvalue weighted by Crippen LogP contribution is 2.37. The molecule has 0 bridgehead atoms. The Bertz CT molecular complexity index is 798. The van der Waals surface area contributed by atoms with Crippen LogP contribution in [-0.4, -0.2) is 5.97 Å². The van der Waals surface area contributed by atoms with Crippen molar-refractivity contribution in [3.63, 3.8) is 0 Å². The largest absolute Gasteiger partial charge is 0.423 e. The number of benzene rings is 2. The molecule has 0 heterocycles. The van der Waals surface area contributed by atoms with E-state index in [0.29, 0.717) is 17.2 Å². The molecule has 0 amide bonds. The van der Waals surface area contributed by atoms with Crippen LogP contribution in [0.4, 0.5) is 0 Å². The molecule has 2 aromatic rings. The van der Waals surface area contributed by atoms with Crippen LogP contribution < -0.4 is 4.74 Å². The van der Waals surface area contributed by atoms with Crippen LogP contribution >= 0.6 is 0 Å². The van der Waals surface area contributed by atoms with Crippen molar-refractivity contribution < 1.29 is 9.53 Å². The molecule has 1 fully saturated rings. The summed E-state index contributed by atoms with van der Waals surface area (Å²) in [7, 11) is 0. The number of aryl methyl sites for hydroxylation is 1. The van der Waals surface area contributed by atoms with Gasteiger partial charge in [0.1, 0.15) is 5.75 Å². The molecule has 1 saturated carbocycles. The Labute approximate surface area is 202 Å². The Morgan fingerprint density at radius 2 is 1.39 bits per heavy atom. The predicted molar refractivity (Wildman–Crippen MR) is 139 cm³/mol. The second kappa shape index (κ2) is 14.2. The summed E-state index contributed by atoms with van der Waals surface area (Å²) in [6.07, 6.45) is 18.6. The topological polar surface area (TPSA) is 26.3 Å². The maximum Gasteiger partial charge on any atom is 0.343 e. The minimum absolute atomic E-state index is 0.273. The molecule has 0 aliphatic heterocycles. The van der Waals surface area contributed by atoms with E-state index in [9.17, 15) is 4.79 Å². The van der Waals surface area contributed by atoms with Gasteiger partial charge in [-0.3, -0.25) is 0 Å². The summed E-state index contributed by atoms with van der Waals surface area (Å²) < 4.78 is 5.59. The highest BCUT2D eigenvalue weighted by molar-refractivity contribution is 5.91. The fraction of sp³-hybridized carbons (Fsp3) is 0.581. The lowest BCUT2D eigenvalue weighted by Crippen LogP contribution is -2.14. The van der Waals surface area contributed by atoms with Crippen LogP contribution in [0.1, 0.15) is 125 Å². The Kier molecular flexibility index (Phi) is 11.0. The van der Waals surface area contributed by atoms with Crippen molar-refractivity contribution in [1.29, 1.82) is 0 Å². The maximum absolute atomic E-state index is 12.6. The summed E-state index contributed by atoms with van der Waals surface area (Å²) in [5, 5.41) is 0. The van der Waals surface area contributed by atoms with E-state index >= 15 is 0 Å². The van der Waals surface area contributed by atoms with E-state index in [1.807, 2.05) is 24.3 Å². The van der Waals surface area contributed by atoms with Gasteiger partial charge in [0.15, 0.2) is 0 Å². The van der Waals surface area contributed by atoms with Crippen LogP contribution in [0.25, 0.3) is 0 Å². The second-order valence-electron chi connectivity index (χ2n) is 10.0. The Hall–Kier alpha value is -2.09. The average molecular weight is 449 g/mol. The van der Waals surface area contributed by atoms with Crippen LogP contribution in [-0.2, 0) is 6.42 Å². The number of carbonyl (C=O) groups excluding carboxylic acids is 1. The molecule has 1 aliphatic rings. The van der Waals surface area contributed by atoms with Crippen molar-refractivity contribution in [3.05, 3.63) is 65.2 Å². The molecule has 2 aromatic carbocycles. The summed E-state index contributed by atoms with van der Waals surface area (Å²) >= 11 is 0. The zero-order chi connectivity index (χ0) is 23.3. The highest BCUT2D eigenvalue weighted by atomic mass is 16.5. The molecule has 0 N–H and O–H groups in total. The fourth-order valence-corrected chi connectivity index (χ4v) is 5.16. The summed E-state index contributed by atoms with van der Waals surface area (Å²) in [6, 6.07) is 16.1. The third-order valence-electron chi connectivity index (χ3n) is 7.38. The van der Waals surface area contributed by atoms with Crippen molar-refractivity contribution >= 4 is 5.97 Å². The highest BCUT2D eigenvalue weighted by Gasteiger charge is 2.22. The molecule has 0 saturated heterocycles. The molecular weight excluding hydrogens is 404 g/mol. The normalized spacial score (nSPS) is 18.2. The number of ether oxygens (including phenoxy) is 1. The van der Waals surface area contributed by atoms with Crippen LogP contribution in [0.3, 0.4) is 0 Å². The van der Waals surface area contributed by atoms with Crippen molar-refractivity contribution in [2.75, 3.05) is 0 Å². The predicted octanol–water partition coefficient (Wildman–Crippen LogP) is 9.27. The van der Waals surface area contributed by atoms with E-state index in [1.54, 1.807) is 0 Å². The van der Waals surface area contributed by atoms with Gasteiger partial charge in [-0.1, -0.05) is 89.5 Å². The van der Waals surface area contributed by atoms with Gasteiger partial charge in [-0.2, -0.15) is 0 Å². The van der Waals surface area contributed by atoms with Crippen LogP contribution in [0, 0.1) is 5.92 Å². The van der Waals surface area contributed by atoms with Gasteiger partial charge in [0.2, 0.25) is 0 Å². The van der Waals surface area contributed by atoms with E-state index < -0.39 is 0 Å². The molecule has 180 valence electrons. The molecular formula is C31H44O2. The number of unbranched alkanes of at least 4 members (excludes halogenated alkanes) is 6. The Morgan fingerprint density at radius 1 is 0.758 bits per heavy atom. The molecule has 2 heteroatoms. The first-order chi connectivity index (χ1) is 16.2. The van der Waals surface area contributed by atoms with Gasteiger partial charge in [-0.05, 0) is 85.8 Å². The summed E-state index contributed by atoms with van der Waals surface area (Å²) in [5.74, 6) is 1.92. The average Bonchev–Trinajstić information content (AvgIpc) is 2.86. The lowest BCUT2D eigenvalue weighted by Gasteiger charge is -2.29. The lowest BCUT2D eigenvalue weighted by atomic mass is 9.77. The quantitative estimate of drug-likeness (QED) is 0.173. The first-order valence-corrected chi connectivity index (χ1v) is 13.6. The molecule has 0 aromatic heterocycles. The van der Waals surface area contributed by atoms with Crippen molar-refractivity contribution in [2.24, 2.45) is 5.92 Å². The smallest absolute Gasteiger partial charge is 0.343 e. The zero-order valence-electron chi connectivity index (χ0n) is 21.0. The first kappa shape index (κ1) is 25.5. The number of esters is 1. The third-order valence-corrected chi connectivity index (χ3v) is 7.38. The SMILES string of the molecule is CCCCCCCCC1CCC(c2ccc(C(=O)Oc3ccc(CCCC)cc3)cc2)CC1. The minimum Gasteiger partial charge on any atom is -0.423 e. The number of rotatable bonds is 13. The molecule has 0 atom stereocenters. The van der Waals surface area contributed by atoms with E-state index in [0.717, 1.165) is 12.3 Å². The van der Waals surface area contributed by atoms with Gasteiger partial charge >= 0.3 is 5.97 Å². The first-order valence-electron chi connectivity index (χ1n) is 13.6. The van der Waals surface area contributed by atoms with Crippen LogP contribution in [0.5, 0.6) is 5.75 Å². The van der Waals surface area contributed by atoms with Crippen LogP contribution in [0.2, 0.25) is 0 Å². The van der Waals surface area contributed by atoms with Crippen molar-refractivity contribution in [3.8, 4) is 5.75 Å². The van der Waals surface area contributed by atoms with Gasteiger partial charge in [-0.15, -0.1) is 0 Å². The lowest BCUT2D eigenvalue weighted by molar-refractivity contribution is 0.0734. The third kappa shape index (κ3) is 8.65.